The molecule has 2 aromatic heterocycles. The van der Waals surface area contributed by atoms with Crippen LogP contribution in [0.15, 0.2) is 54.6 Å². The van der Waals surface area contributed by atoms with Gasteiger partial charge >= 0.3 is 0 Å². The molecule has 8 nitrogen and oxygen atoms in total. The molecule has 0 spiro atoms. The van der Waals surface area contributed by atoms with E-state index >= 15 is 0 Å². The SMILES string of the molecule is CNC(=O)c1cc([C@H]2CCN(C(=O)COCc3nc4ccccc4[nH]3)C2)nc2ccccc12. The zero-order valence-corrected chi connectivity index (χ0v) is 18.4. The van der Waals surface area contributed by atoms with E-state index in [1.165, 1.54) is 0 Å². The average molecular weight is 444 g/mol. The number of hydrogen-bond acceptors (Lipinski definition) is 5. The monoisotopic (exact) mass is 443 g/mol. The van der Waals surface area contributed by atoms with E-state index in [9.17, 15) is 9.59 Å². The second kappa shape index (κ2) is 8.99. The number of pyridine rings is 1. The molecule has 5 rings (SSSR count). The van der Waals surface area contributed by atoms with Gasteiger partial charge in [-0.3, -0.25) is 14.6 Å². The Kier molecular flexibility index (Phi) is 5.75. The number of carbonyl (C=O) groups excluding carboxylic acids is 2. The maximum atomic E-state index is 12.7. The number of imidazole rings is 1. The van der Waals surface area contributed by atoms with Crippen LogP contribution >= 0.6 is 0 Å². The van der Waals surface area contributed by atoms with E-state index in [-0.39, 0.29) is 30.9 Å². The van der Waals surface area contributed by atoms with Gasteiger partial charge in [-0.1, -0.05) is 30.3 Å². The predicted molar refractivity (Wildman–Crippen MR) is 125 cm³/mol. The Morgan fingerprint density at radius 3 is 2.73 bits per heavy atom. The van der Waals surface area contributed by atoms with E-state index in [4.69, 9.17) is 9.72 Å². The van der Waals surface area contributed by atoms with Gasteiger partial charge in [0.15, 0.2) is 0 Å². The number of fused-ring (bicyclic) bond motifs is 2. The van der Waals surface area contributed by atoms with Crippen molar-refractivity contribution in [2.45, 2.75) is 18.9 Å². The fourth-order valence-corrected chi connectivity index (χ4v) is 4.36. The van der Waals surface area contributed by atoms with Crippen LogP contribution in [0, 0.1) is 0 Å². The molecule has 1 aliphatic rings. The van der Waals surface area contributed by atoms with Crippen LogP contribution in [0.4, 0.5) is 0 Å². The van der Waals surface area contributed by atoms with Crippen molar-refractivity contribution in [2.75, 3.05) is 26.7 Å². The largest absolute Gasteiger partial charge is 0.364 e. The minimum Gasteiger partial charge on any atom is -0.364 e. The molecule has 2 amide bonds. The number of likely N-dealkylation sites (tertiary alicyclic amines) is 1. The van der Waals surface area contributed by atoms with E-state index in [1.54, 1.807) is 11.9 Å². The van der Waals surface area contributed by atoms with Gasteiger partial charge in [0.05, 0.1) is 22.1 Å². The molecule has 0 aliphatic carbocycles. The highest BCUT2D eigenvalue weighted by Gasteiger charge is 2.29. The average Bonchev–Trinajstić information content (AvgIpc) is 3.50. The third-order valence-corrected chi connectivity index (χ3v) is 6.07. The van der Waals surface area contributed by atoms with Gasteiger partial charge in [0.2, 0.25) is 5.91 Å². The first kappa shape index (κ1) is 21.1. The van der Waals surface area contributed by atoms with Gasteiger partial charge in [0.25, 0.3) is 5.91 Å². The number of aromatic nitrogens is 3. The minimum atomic E-state index is -0.139. The number of ether oxygens (including phenoxy) is 1. The van der Waals surface area contributed by atoms with Crippen molar-refractivity contribution in [1.29, 1.82) is 0 Å². The van der Waals surface area contributed by atoms with Crippen molar-refractivity contribution in [1.82, 2.24) is 25.2 Å². The summed E-state index contributed by atoms with van der Waals surface area (Å²) in [6, 6.07) is 17.3. The number of hydrogen-bond donors (Lipinski definition) is 2. The van der Waals surface area contributed by atoms with Crippen molar-refractivity contribution in [3.05, 3.63) is 71.7 Å². The molecule has 0 radical (unpaired) electrons. The molecule has 168 valence electrons. The molecule has 0 unspecified atom stereocenters. The van der Waals surface area contributed by atoms with Crippen molar-refractivity contribution < 1.29 is 14.3 Å². The highest BCUT2D eigenvalue weighted by Crippen LogP contribution is 2.29. The summed E-state index contributed by atoms with van der Waals surface area (Å²) in [6.07, 6.45) is 0.799. The minimum absolute atomic E-state index is 0.00158. The number of H-pyrrole nitrogens is 1. The van der Waals surface area contributed by atoms with Gasteiger partial charge in [-0.25, -0.2) is 4.98 Å². The Morgan fingerprint density at radius 1 is 1.12 bits per heavy atom. The standard InChI is InChI=1S/C25H25N5O3/c1-26-25(32)18-12-22(27-19-7-3-2-6-17(18)19)16-10-11-30(13-16)24(31)15-33-14-23-28-20-8-4-5-9-21(20)29-23/h2-9,12,16H,10-11,13-15H2,1H3,(H,26,32)(H,28,29)/t16-/m0/s1. The first-order valence-corrected chi connectivity index (χ1v) is 11.0. The highest BCUT2D eigenvalue weighted by molar-refractivity contribution is 6.06. The number of amides is 2. The fraction of sp³-hybridized carbons (Fsp3) is 0.280. The number of carbonyl (C=O) groups is 2. The molecular weight excluding hydrogens is 418 g/mol. The first-order valence-electron chi connectivity index (χ1n) is 11.0. The lowest BCUT2D eigenvalue weighted by Crippen LogP contribution is -2.32. The molecule has 2 N–H and O–H groups in total. The van der Waals surface area contributed by atoms with Gasteiger partial charge < -0.3 is 19.9 Å². The second-order valence-corrected chi connectivity index (χ2v) is 8.21. The Balaban J connectivity index is 1.23. The zero-order chi connectivity index (χ0) is 22.8. The summed E-state index contributed by atoms with van der Waals surface area (Å²) in [5, 5.41) is 3.53. The molecule has 1 fully saturated rings. The van der Waals surface area contributed by atoms with E-state index in [0.717, 1.165) is 34.1 Å². The van der Waals surface area contributed by atoms with Crippen LogP contribution in [-0.2, 0) is 16.1 Å². The molecule has 3 heterocycles. The zero-order valence-electron chi connectivity index (χ0n) is 18.4. The summed E-state index contributed by atoms with van der Waals surface area (Å²) in [5.41, 5.74) is 4.06. The summed E-state index contributed by atoms with van der Waals surface area (Å²) < 4.78 is 5.63. The first-order chi connectivity index (χ1) is 16.1. The van der Waals surface area contributed by atoms with Gasteiger partial charge in [-0.05, 0) is 30.7 Å². The van der Waals surface area contributed by atoms with Crippen LogP contribution in [-0.4, -0.2) is 58.4 Å². The molecule has 1 atom stereocenters. The lowest BCUT2D eigenvalue weighted by molar-refractivity contribution is -0.135. The molecule has 2 aromatic carbocycles. The molecule has 1 saturated heterocycles. The molecule has 8 heteroatoms. The number of rotatable bonds is 6. The van der Waals surface area contributed by atoms with Crippen molar-refractivity contribution in [2.24, 2.45) is 0 Å². The lowest BCUT2D eigenvalue weighted by Gasteiger charge is -2.17. The Morgan fingerprint density at radius 2 is 1.91 bits per heavy atom. The number of nitrogens with one attached hydrogen (secondary N) is 2. The highest BCUT2D eigenvalue weighted by atomic mass is 16.5. The summed E-state index contributed by atoms with van der Waals surface area (Å²) >= 11 is 0. The van der Waals surface area contributed by atoms with Crippen LogP contribution in [0.1, 0.15) is 34.2 Å². The van der Waals surface area contributed by atoms with E-state index in [0.29, 0.717) is 24.5 Å². The van der Waals surface area contributed by atoms with Crippen molar-refractivity contribution in [3.8, 4) is 0 Å². The summed E-state index contributed by atoms with van der Waals surface area (Å²) in [5.74, 6) is 0.586. The topological polar surface area (TPSA) is 100 Å². The Labute approximate surface area is 191 Å². The smallest absolute Gasteiger partial charge is 0.251 e. The third kappa shape index (κ3) is 4.29. The Bertz CT molecular complexity index is 1300. The third-order valence-electron chi connectivity index (χ3n) is 6.07. The summed E-state index contributed by atoms with van der Waals surface area (Å²) in [6.45, 7) is 1.45. The molecule has 0 bridgehead atoms. The van der Waals surface area contributed by atoms with Crippen LogP contribution in [0.2, 0.25) is 0 Å². The number of aromatic amines is 1. The van der Waals surface area contributed by atoms with Crippen LogP contribution in [0.25, 0.3) is 21.9 Å². The van der Waals surface area contributed by atoms with Crippen molar-refractivity contribution in [3.63, 3.8) is 0 Å². The van der Waals surface area contributed by atoms with Gasteiger partial charge in [0, 0.05) is 37.1 Å². The molecule has 33 heavy (non-hydrogen) atoms. The van der Waals surface area contributed by atoms with Gasteiger partial charge in [-0.15, -0.1) is 0 Å². The van der Waals surface area contributed by atoms with Crippen LogP contribution in [0.3, 0.4) is 0 Å². The normalized spacial score (nSPS) is 15.9. The van der Waals surface area contributed by atoms with Gasteiger partial charge in [-0.2, -0.15) is 0 Å². The lowest BCUT2D eigenvalue weighted by atomic mass is 9.99. The van der Waals surface area contributed by atoms with E-state index < -0.39 is 0 Å². The quantitative estimate of drug-likeness (QED) is 0.477. The number of benzene rings is 2. The van der Waals surface area contributed by atoms with Gasteiger partial charge in [0.1, 0.15) is 19.0 Å². The summed E-state index contributed by atoms with van der Waals surface area (Å²) in [7, 11) is 1.62. The molecular formula is C25H25N5O3. The fourth-order valence-electron chi connectivity index (χ4n) is 4.36. The maximum Gasteiger partial charge on any atom is 0.251 e. The van der Waals surface area contributed by atoms with Crippen LogP contribution in [0.5, 0.6) is 0 Å². The Hall–Kier alpha value is -3.78. The molecule has 0 saturated carbocycles. The number of para-hydroxylation sites is 3. The second-order valence-electron chi connectivity index (χ2n) is 8.21. The van der Waals surface area contributed by atoms with E-state index in [1.807, 2.05) is 54.6 Å². The van der Waals surface area contributed by atoms with Crippen LogP contribution < -0.4 is 5.32 Å². The summed E-state index contributed by atoms with van der Waals surface area (Å²) in [4.78, 5) is 39.4. The molecule has 1 aliphatic heterocycles. The maximum absolute atomic E-state index is 12.7. The molecule has 4 aromatic rings. The van der Waals surface area contributed by atoms with Crippen molar-refractivity contribution >= 4 is 33.8 Å². The van der Waals surface area contributed by atoms with E-state index in [2.05, 4.69) is 15.3 Å². The number of nitrogens with zero attached hydrogens (tertiary/aromatic N) is 3. The predicted octanol–water partition coefficient (Wildman–Crippen LogP) is 3.00.